The van der Waals surface area contributed by atoms with Gasteiger partial charge in [0.05, 0.1) is 28.2 Å². The molecule has 0 bridgehead atoms. The van der Waals surface area contributed by atoms with Crippen molar-refractivity contribution in [1.29, 1.82) is 0 Å². The Kier molecular flexibility index (Phi) is 5.65. The highest BCUT2D eigenvalue weighted by atomic mass is 35.5. The zero-order valence-electron chi connectivity index (χ0n) is 16.2. The Morgan fingerprint density at radius 2 is 2.04 bits per heavy atom. The molecule has 1 amide bonds. The lowest BCUT2D eigenvalue weighted by atomic mass is 10.1. The molecule has 6 nitrogen and oxygen atoms in total. The zero-order valence-corrected chi connectivity index (χ0v) is 17.7. The molecular weight excluding hydrogens is 397 g/mol. The van der Waals surface area contributed by atoms with Gasteiger partial charge in [0.2, 0.25) is 0 Å². The molecule has 1 saturated carbocycles. The minimum atomic E-state index is -0.0696. The van der Waals surface area contributed by atoms with E-state index >= 15 is 0 Å². The van der Waals surface area contributed by atoms with E-state index in [1.54, 1.807) is 23.0 Å². The van der Waals surface area contributed by atoms with Crippen molar-refractivity contribution >= 4 is 29.1 Å². The van der Waals surface area contributed by atoms with E-state index in [-0.39, 0.29) is 5.91 Å². The number of amides is 1. The molecule has 1 saturated heterocycles. The minimum absolute atomic E-state index is 0.0696. The topological polar surface area (TPSA) is 53.4 Å². The van der Waals surface area contributed by atoms with E-state index in [0.29, 0.717) is 34.1 Å². The number of benzene rings is 1. The third-order valence-corrected chi connectivity index (χ3v) is 6.17. The fourth-order valence-corrected chi connectivity index (χ4v) is 4.24. The van der Waals surface area contributed by atoms with Crippen LogP contribution in [0.25, 0.3) is 5.69 Å². The molecular formula is C20H25Cl2N5O. The van der Waals surface area contributed by atoms with Crippen LogP contribution in [0.2, 0.25) is 10.0 Å². The van der Waals surface area contributed by atoms with Crippen molar-refractivity contribution in [2.75, 3.05) is 40.3 Å². The van der Waals surface area contributed by atoms with Crippen molar-refractivity contribution in [2.45, 2.75) is 24.8 Å². The van der Waals surface area contributed by atoms with Crippen molar-refractivity contribution in [3.05, 3.63) is 45.7 Å². The van der Waals surface area contributed by atoms with E-state index in [1.807, 2.05) is 6.07 Å². The summed E-state index contributed by atoms with van der Waals surface area (Å²) < 4.78 is 1.80. The summed E-state index contributed by atoms with van der Waals surface area (Å²) in [5, 5.41) is 8.71. The first-order valence-electron chi connectivity index (χ1n) is 9.64. The van der Waals surface area contributed by atoms with E-state index in [9.17, 15) is 4.79 Å². The van der Waals surface area contributed by atoms with Gasteiger partial charge >= 0.3 is 0 Å². The Hall–Kier alpha value is -1.60. The molecule has 2 fully saturated rings. The van der Waals surface area contributed by atoms with Gasteiger partial charge in [-0.2, -0.15) is 5.10 Å². The van der Waals surface area contributed by atoms with Crippen molar-refractivity contribution < 1.29 is 4.79 Å². The van der Waals surface area contributed by atoms with Crippen LogP contribution in [0.15, 0.2) is 24.4 Å². The third kappa shape index (κ3) is 4.06. The fraction of sp³-hybridized carbons (Fsp3) is 0.500. The number of carbonyl (C=O) groups excluding carboxylic acids is 1. The van der Waals surface area contributed by atoms with Crippen LogP contribution in [0.5, 0.6) is 0 Å². The first kappa shape index (κ1) is 19.7. The summed E-state index contributed by atoms with van der Waals surface area (Å²) in [5.41, 5.74) is 2.33. The number of hydrogen-bond donors (Lipinski definition) is 1. The molecule has 2 aliphatic rings. The van der Waals surface area contributed by atoms with Gasteiger partial charge in [-0.1, -0.05) is 23.2 Å². The van der Waals surface area contributed by atoms with Gasteiger partial charge in [0.15, 0.2) is 0 Å². The second kappa shape index (κ2) is 8.03. The van der Waals surface area contributed by atoms with Crippen LogP contribution in [-0.2, 0) is 0 Å². The van der Waals surface area contributed by atoms with Crippen LogP contribution in [0.1, 0.15) is 34.8 Å². The number of piperazine rings is 1. The number of nitrogens with zero attached hydrogens (tertiary/aromatic N) is 4. The Labute approximate surface area is 175 Å². The summed E-state index contributed by atoms with van der Waals surface area (Å²) >= 11 is 12.4. The van der Waals surface area contributed by atoms with Gasteiger partial charge in [-0.3, -0.25) is 9.69 Å². The molecule has 1 aromatic carbocycles. The quantitative estimate of drug-likeness (QED) is 0.805. The van der Waals surface area contributed by atoms with Gasteiger partial charge < -0.3 is 10.2 Å². The lowest BCUT2D eigenvalue weighted by Gasteiger charge is -2.37. The van der Waals surface area contributed by atoms with Crippen molar-refractivity contribution in [3.8, 4) is 5.69 Å². The standard InChI is InChI=1S/C20H25Cl2N5O/c1-25-7-8-26(2)15(12-25)10-23-20(28)16-11-24-27(19(16)13-3-4-13)18-6-5-14(21)9-17(18)22/h5-6,9,11,13,15H,3-4,7-8,10,12H2,1-2H3,(H,23,28). The maximum Gasteiger partial charge on any atom is 0.254 e. The first-order valence-corrected chi connectivity index (χ1v) is 10.4. The lowest BCUT2D eigenvalue weighted by Crippen LogP contribution is -2.54. The predicted molar refractivity (Wildman–Crippen MR) is 112 cm³/mol. The summed E-state index contributed by atoms with van der Waals surface area (Å²) in [6.07, 6.45) is 3.78. The molecule has 0 spiro atoms. The number of halogens is 2. The van der Waals surface area contributed by atoms with Gasteiger partial charge in [0, 0.05) is 43.2 Å². The maximum atomic E-state index is 13.0. The summed E-state index contributed by atoms with van der Waals surface area (Å²) in [6.45, 7) is 3.64. The highest BCUT2D eigenvalue weighted by Gasteiger charge is 2.33. The van der Waals surface area contributed by atoms with Crippen LogP contribution < -0.4 is 5.32 Å². The zero-order chi connectivity index (χ0) is 19.8. The van der Waals surface area contributed by atoms with Gasteiger partial charge in [0.1, 0.15) is 0 Å². The summed E-state index contributed by atoms with van der Waals surface area (Å²) in [7, 11) is 4.23. The van der Waals surface area contributed by atoms with E-state index in [0.717, 1.165) is 43.9 Å². The SMILES string of the molecule is CN1CCN(C)C(CNC(=O)c2cnn(-c3ccc(Cl)cc3Cl)c2C2CC2)C1. The summed E-state index contributed by atoms with van der Waals surface area (Å²) in [5.74, 6) is 0.276. The molecule has 0 radical (unpaired) electrons. The average Bonchev–Trinajstić information content (AvgIpc) is 3.41. The van der Waals surface area contributed by atoms with E-state index in [1.165, 1.54) is 0 Å². The molecule has 2 aromatic rings. The largest absolute Gasteiger partial charge is 0.350 e. The van der Waals surface area contributed by atoms with Gasteiger partial charge in [-0.15, -0.1) is 0 Å². The number of nitrogens with one attached hydrogen (secondary N) is 1. The number of hydrogen-bond acceptors (Lipinski definition) is 4. The smallest absolute Gasteiger partial charge is 0.254 e. The lowest BCUT2D eigenvalue weighted by molar-refractivity contribution is 0.0880. The summed E-state index contributed by atoms with van der Waals surface area (Å²) in [6, 6.07) is 5.65. The molecule has 1 unspecified atom stereocenters. The van der Waals surface area contributed by atoms with Gasteiger partial charge in [-0.05, 0) is 45.1 Å². The maximum absolute atomic E-state index is 13.0. The van der Waals surface area contributed by atoms with E-state index < -0.39 is 0 Å². The Balaban J connectivity index is 1.55. The van der Waals surface area contributed by atoms with Crippen LogP contribution >= 0.6 is 23.2 Å². The molecule has 1 aromatic heterocycles. The Morgan fingerprint density at radius 1 is 1.25 bits per heavy atom. The highest BCUT2D eigenvalue weighted by molar-refractivity contribution is 6.35. The number of aromatic nitrogens is 2. The second-order valence-corrected chi connectivity index (χ2v) is 8.68. The highest BCUT2D eigenvalue weighted by Crippen LogP contribution is 2.43. The molecule has 1 aliphatic carbocycles. The van der Waals surface area contributed by atoms with E-state index in [2.05, 4.69) is 34.3 Å². The third-order valence-electron chi connectivity index (χ3n) is 5.63. The van der Waals surface area contributed by atoms with Crippen molar-refractivity contribution in [2.24, 2.45) is 0 Å². The number of rotatable bonds is 5. The fourth-order valence-electron chi connectivity index (χ4n) is 3.76. The van der Waals surface area contributed by atoms with Crippen LogP contribution in [-0.4, -0.2) is 71.8 Å². The molecule has 4 rings (SSSR count). The summed E-state index contributed by atoms with van der Waals surface area (Å²) in [4.78, 5) is 17.6. The Morgan fingerprint density at radius 3 is 2.75 bits per heavy atom. The molecule has 2 heterocycles. The molecule has 1 aliphatic heterocycles. The number of carbonyl (C=O) groups is 1. The van der Waals surface area contributed by atoms with Crippen molar-refractivity contribution in [3.63, 3.8) is 0 Å². The molecule has 8 heteroatoms. The minimum Gasteiger partial charge on any atom is -0.350 e. The molecule has 28 heavy (non-hydrogen) atoms. The Bertz CT molecular complexity index is 879. The van der Waals surface area contributed by atoms with E-state index in [4.69, 9.17) is 23.2 Å². The van der Waals surface area contributed by atoms with Crippen LogP contribution in [0.3, 0.4) is 0 Å². The monoisotopic (exact) mass is 421 g/mol. The molecule has 1 atom stereocenters. The molecule has 1 N–H and O–H groups in total. The van der Waals surface area contributed by atoms with Gasteiger partial charge in [-0.25, -0.2) is 4.68 Å². The van der Waals surface area contributed by atoms with Crippen LogP contribution in [0, 0.1) is 0 Å². The number of likely N-dealkylation sites (N-methyl/N-ethyl adjacent to an activating group) is 2. The first-order chi connectivity index (χ1) is 13.4. The normalized spacial score (nSPS) is 21.1. The van der Waals surface area contributed by atoms with Gasteiger partial charge in [0.25, 0.3) is 5.91 Å². The average molecular weight is 422 g/mol. The molecule has 150 valence electrons. The van der Waals surface area contributed by atoms with Crippen LogP contribution in [0.4, 0.5) is 0 Å². The second-order valence-electron chi connectivity index (χ2n) is 7.83. The predicted octanol–water partition coefficient (Wildman–Crippen LogP) is 3.03. The van der Waals surface area contributed by atoms with Crippen molar-refractivity contribution in [1.82, 2.24) is 24.9 Å².